The second-order valence-corrected chi connectivity index (χ2v) is 4.11. The molecule has 1 aliphatic rings. The van der Waals surface area contributed by atoms with Gasteiger partial charge in [-0.1, -0.05) is 0 Å². The molecular formula is C7H7NOS2. The number of ether oxygens (including phenoxy) is 1. The quantitative estimate of drug-likeness (QED) is 0.536. The van der Waals surface area contributed by atoms with Crippen molar-refractivity contribution in [3.05, 3.63) is 18.2 Å². The maximum atomic E-state index is 5.09. The van der Waals surface area contributed by atoms with Crippen molar-refractivity contribution in [1.82, 2.24) is 0 Å². The van der Waals surface area contributed by atoms with Crippen molar-refractivity contribution in [2.24, 2.45) is 0 Å². The molecule has 1 N–H and O–H groups in total. The van der Waals surface area contributed by atoms with Crippen LogP contribution in [0.5, 0.6) is 5.75 Å². The second-order valence-electron chi connectivity index (χ2n) is 2.13. The molecule has 1 aromatic carbocycles. The van der Waals surface area contributed by atoms with Gasteiger partial charge in [-0.3, -0.25) is 0 Å². The number of anilines is 1. The van der Waals surface area contributed by atoms with Crippen LogP contribution in [0.2, 0.25) is 0 Å². The van der Waals surface area contributed by atoms with Gasteiger partial charge >= 0.3 is 0 Å². The summed E-state index contributed by atoms with van der Waals surface area (Å²) in [6, 6.07) is 6.02. The number of nitrogens with one attached hydrogen (secondary N) is 1. The van der Waals surface area contributed by atoms with E-state index in [0.717, 1.165) is 5.75 Å². The van der Waals surface area contributed by atoms with Gasteiger partial charge in [0.2, 0.25) is 0 Å². The van der Waals surface area contributed by atoms with Crippen molar-refractivity contribution in [3.8, 4) is 5.75 Å². The standard InChI is InChI=1S/C7H7NOS2/c1-9-5-2-3-6-7(4-5)10-11-8-6/h2-4,8H,1H3. The number of hydrogen-bond donors (Lipinski definition) is 1. The van der Waals surface area contributed by atoms with Crippen LogP contribution in [0.3, 0.4) is 0 Å². The van der Waals surface area contributed by atoms with E-state index in [2.05, 4.69) is 4.72 Å². The van der Waals surface area contributed by atoms with Crippen molar-refractivity contribution in [1.29, 1.82) is 0 Å². The lowest BCUT2D eigenvalue weighted by atomic mass is 10.3. The first-order chi connectivity index (χ1) is 5.40. The number of fused-ring (bicyclic) bond motifs is 1. The largest absolute Gasteiger partial charge is 0.497 e. The number of methoxy groups -OCH3 is 1. The number of hydrogen-bond acceptors (Lipinski definition) is 4. The average Bonchev–Trinajstić information content (AvgIpc) is 2.50. The minimum absolute atomic E-state index is 0.917. The van der Waals surface area contributed by atoms with Crippen LogP contribution in [0.15, 0.2) is 23.1 Å². The van der Waals surface area contributed by atoms with E-state index in [1.807, 2.05) is 18.2 Å². The third-order valence-electron chi connectivity index (χ3n) is 1.47. The zero-order valence-corrected chi connectivity index (χ0v) is 7.59. The molecule has 0 saturated heterocycles. The average molecular weight is 185 g/mol. The first-order valence-electron chi connectivity index (χ1n) is 3.18. The summed E-state index contributed by atoms with van der Waals surface area (Å²) in [4.78, 5) is 1.24. The van der Waals surface area contributed by atoms with E-state index in [1.54, 1.807) is 28.9 Å². The van der Waals surface area contributed by atoms with E-state index in [4.69, 9.17) is 4.74 Å². The van der Waals surface area contributed by atoms with E-state index < -0.39 is 0 Å². The molecule has 1 aromatic rings. The Hall–Kier alpha value is -0.480. The Balaban J connectivity index is 2.41. The summed E-state index contributed by atoms with van der Waals surface area (Å²) >= 11 is 0. The second kappa shape index (κ2) is 2.87. The molecule has 58 valence electrons. The van der Waals surface area contributed by atoms with E-state index in [0.29, 0.717) is 0 Å². The van der Waals surface area contributed by atoms with Gasteiger partial charge in [0, 0.05) is 15.9 Å². The van der Waals surface area contributed by atoms with Crippen molar-refractivity contribution < 1.29 is 4.74 Å². The summed E-state index contributed by atoms with van der Waals surface area (Å²) in [7, 11) is 5.04. The predicted molar refractivity (Wildman–Crippen MR) is 50.1 cm³/mol. The Bertz CT molecular complexity index is 277. The first-order valence-corrected chi connectivity index (χ1v) is 5.33. The topological polar surface area (TPSA) is 21.3 Å². The highest BCUT2D eigenvalue weighted by Gasteiger charge is 2.11. The maximum absolute atomic E-state index is 5.09. The molecule has 0 saturated carbocycles. The monoisotopic (exact) mass is 185 g/mol. The van der Waals surface area contributed by atoms with Crippen LogP contribution < -0.4 is 9.46 Å². The molecule has 0 aromatic heterocycles. The van der Waals surface area contributed by atoms with Crippen LogP contribution >= 0.6 is 21.8 Å². The lowest BCUT2D eigenvalue weighted by Gasteiger charge is -2.00. The van der Waals surface area contributed by atoms with Crippen molar-refractivity contribution >= 4 is 27.5 Å². The van der Waals surface area contributed by atoms with Gasteiger partial charge in [-0.05, 0) is 29.0 Å². The van der Waals surface area contributed by atoms with Gasteiger partial charge in [-0.15, -0.1) is 0 Å². The summed E-state index contributed by atoms with van der Waals surface area (Å²) in [6.07, 6.45) is 0. The Labute approximate surface area is 73.2 Å². The minimum atomic E-state index is 0.917. The first kappa shape index (κ1) is 7.18. The molecule has 1 heterocycles. The highest BCUT2D eigenvalue weighted by molar-refractivity contribution is 8.77. The Kier molecular flexibility index (Phi) is 1.87. The lowest BCUT2D eigenvalue weighted by Crippen LogP contribution is -1.83. The van der Waals surface area contributed by atoms with Crippen LogP contribution in [0.1, 0.15) is 0 Å². The summed E-state index contributed by atoms with van der Waals surface area (Å²) < 4.78 is 8.26. The smallest absolute Gasteiger partial charge is 0.120 e. The highest BCUT2D eigenvalue weighted by atomic mass is 33.1. The molecule has 0 unspecified atom stereocenters. The molecule has 1 aliphatic heterocycles. The zero-order chi connectivity index (χ0) is 7.68. The minimum Gasteiger partial charge on any atom is -0.497 e. The van der Waals surface area contributed by atoms with Crippen molar-refractivity contribution in [3.63, 3.8) is 0 Å². The summed E-state index contributed by atoms with van der Waals surface area (Å²) in [5, 5.41) is 0. The molecule has 2 rings (SSSR count). The molecule has 4 heteroatoms. The van der Waals surface area contributed by atoms with Crippen molar-refractivity contribution in [2.75, 3.05) is 11.8 Å². The molecule has 2 nitrogen and oxygen atoms in total. The van der Waals surface area contributed by atoms with Gasteiger partial charge < -0.3 is 9.46 Å². The number of benzene rings is 1. The summed E-state index contributed by atoms with van der Waals surface area (Å²) in [5.74, 6) is 0.917. The SMILES string of the molecule is COc1ccc2c(c1)SSN2. The van der Waals surface area contributed by atoms with Gasteiger partial charge in [-0.25, -0.2) is 0 Å². The Morgan fingerprint density at radius 3 is 3.18 bits per heavy atom. The lowest BCUT2D eigenvalue weighted by molar-refractivity contribution is 0.414. The molecule has 0 aliphatic carbocycles. The maximum Gasteiger partial charge on any atom is 0.120 e. The zero-order valence-electron chi connectivity index (χ0n) is 5.96. The molecule has 0 atom stereocenters. The van der Waals surface area contributed by atoms with Gasteiger partial charge in [0.05, 0.1) is 12.8 Å². The number of rotatable bonds is 1. The third-order valence-corrected chi connectivity index (χ3v) is 3.41. The normalized spacial score (nSPS) is 13.9. The van der Waals surface area contributed by atoms with Gasteiger partial charge in [0.25, 0.3) is 0 Å². The molecule has 0 fully saturated rings. The molecular weight excluding hydrogens is 178 g/mol. The molecule has 0 radical (unpaired) electrons. The highest BCUT2D eigenvalue weighted by Crippen LogP contribution is 2.45. The Morgan fingerprint density at radius 2 is 2.36 bits per heavy atom. The van der Waals surface area contributed by atoms with Gasteiger partial charge in [0.15, 0.2) is 0 Å². The van der Waals surface area contributed by atoms with Crippen LogP contribution in [-0.2, 0) is 0 Å². The van der Waals surface area contributed by atoms with Crippen LogP contribution in [0.4, 0.5) is 5.69 Å². The van der Waals surface area contributed by atoms with Crippen LogP contribution in [-0.4, -0.2) is 7.11 Å². The fourth-order valence-electron chi connectivity index (χ4n) is 0.894. The van der Waals surface area contributed by atoms with E-state index in [9.17, 15) is 0 Å². The third kappa shape index (κ3) is 1.28. The summed E-state index contributed by atoms with van der Waals surface area (Å²) in [5.41, 5.74) is 1.18. The molecule has 0 amide bonds. The van der Waals surface area contributed by atoms with E-state index in [1.165, 1.54) is 10.6 Å². The van der Waals surface area contributed by atoms with Crippen LogP contribution in [0, 0.1) is 0 Å². The summed E-state index contributed by atoms with van der Waals surface area (Å²) in [6.45, 7) is 0. The fraction of sp³-hybridized carbons (Fsp3) is 0.143. The molecule has 0 bridgehead atoms. The Morgan fingerprint density at radius 1 is 1.45 bits per heavy atom. The van der Waals surface area contributed by atoms with Gasteiger partial charge in [-0.2, -0.15) is 0 Å². The molecule has 11 heavy (non-hydrogen) atoms. The van der Waals surface area contributed by atoms with Crippen LogP contribution in [0.25, 0.3) is 0 Å². The molecule has 0 spiro atoms. The van der Waals surface area contributed by atoms with E-state index in [-0.39, 0.29) is 0 Å². The van der Waals surface area contributed by atoms with Crippen molar-refractivity contribution in [2.45, 2.75) is 4.90 Å². The fourth-order valence-corrected chi connectivity index (χ4v) is 2.81. The van der Waals surface area contributed by atoms with E-state index >= 15 is 0 Å². The predicted octanol–water partition coefficient (Wildman–Crippen LogP) is 2.78. The van der Waals surface area contributed by atoms with Gasteiger partial charge in [0.1, 0.15) is 5.75 Å².